The first-order chi connectivity index (χ1) is 23.1. The van der Waals surface area contributed by atoms with Gasteiger partial charge in [0.15, 0.2) is 0 Å². The van der Waals surface area contributed by atoms with E-state index in [0.717, 1.165) is 17.1 Å². The van der Waals surface area contributed by atoms with Crippen LogP contribution in [0, 0.1) is 0 Å². The van der Waals surface area contributed by atoms with Crippen molar-refractivity contribution < 1.29 is 0 Å². The first-order valence-electron chi connectivity index (χ1n) is 16.3. The zero-order chi connectivity index (χ0) is 31.8. The summed E-state index contributed by atoms with van der Waals surface area (Å²) in [4.78, 5) is 4.75. The standard InChI is InChI=1S/C45H36N2/c1-45(2)41-23-12-13-24-43(41)47(38-20-10-5-11-21-38)44-32-36(27-30-42(44)45)34-25-28-39(29-26-34)46(37-18-8-4-9-19-37)40-22-14-17-35(31-40)33-15-6-3-7-16-33/h3-32H,1-2H3. The maximum Gasteiger partial charge on any atom is 0.0508 e. The first kappa shape index (κ1) is 28.6. The van der Waals surface area contributed by atoms with Crippen molar-refractivity contribution in [2.24, 2.45) is 0 Å². The Kier molecular flexibility index (Phi) is 7.19. The lowest BCUT2D eigenvalue weighted by Crippen LogP contribution is -2.30. The van der Waals surface area contributed by atoms with Crippen LogP contribution in [0.1, 0.15) is 25.0 Å². The summed E-state index contributed by atoms with van der Waals surface area (Å²) in [5.74, 6) is 0. The lowest BCUT2D eigenvalue weighted by atomic mass is 9.73. The fourth-order valence-corrected chi connectivity index (χ4v) is 7.03. The zero-order valence-corrected chi connectivity index (χ0v) is 26.7. The van der Waals surface area contributed by atoms with E-state index in [1.54, 1.807) is 0 Å². The summed E-state index contributed by atoms with van der Waals surface area (Å²) < 4.78 is 0. The van der Waals surface area contributed by atoms with Gasteiger partial charge in [-0.25, -0.2) is 0 Å². The van der Waals surface area contributed by atoms with Crippen LogP contribution in [-0.4, -0.2) is 0 Å². The van der Waals surface area contributed by atoms with Crippen molar-refractivity contribution in [1.82, 2.24) is 0 Å². The minimum Gasteiger partial charge on any atom is -0.310 e. The number of nitrogens with zero attached hydrogens (tertiary/aromatic N) is 2. The lowest BCUT2D eigenvalue weighted by Gasteiger charge is -2.42. The highest BCUT2D eigenvalue weighted by Gasteiger charge is 2.36. The second-order valence-electron chi connectivity index (χ2n) is 12.7. The molecule has 0 spiro atoms. The number of fused-ring (bicyclic) bond motifs is 2. The van der Waals surface area contributed by atoms with Crippen molar-refractivity contribution in [1.29, 1.82) is 0 Å². The van der Waals surface area contributed by atoms with Crippen molar-refractivity contribution >= 4 is 34.1 Å². The molecule has 1 aliphatic heterocycles. The van der Waals surface area contributed by atoms with Crippen molar-refractivity contribution in [2.75, 3.05) is 9.80 Å². The Labute approximate surface area is 277 Å². The van der Waals surface area contributed by atoms with Crippen LogP contribution in [0.15, 0.2) is 182 Å². The Bertz CT molecular complexity index is 2150. The Morgan fingerprint density at radius 2 is 0.894 bits per heavy atom. The molecule has 0 fully saturated rings. The molecule has 1 aliphatic rings. The van der Waals surface area contributed by atoms with Crippen LogP contribution in [0.25, 0.3) is 22.3 Å². The van der Waals surface area contributed by atoms with Gasteiger partial charge in [-0.1, -0.05) is 135 Å². The second-order valence-corrected chi connectivity index (χ2v) is 12.7. The van der Waals surface area contributed by atoms with Crippen molar-refractivity contribution in [3.63, 3.8) is 0 Å². The SMILES string of the molecule is CC1(C)c2ccccc2N(c2ccccc2)c2cc(-c3ccc(N(c4ccccc4)c4cccc(-c5ccccc5)c4)cc3)ccc21. The highest BCUT2D eigenvalue weighted by molar-refractivity contribution is 5.88. The van der Waals surface area contributed by atoms with Gasteiger partial charge in [-0.15, -0.1) is 0 Å². The van der Waals surface area contributed by atoms with E-state index in [1.165, 1.54) is 50.4 Å². The van der Waals surface area contributed by atoms with E-state index in [1.807, 2.05) is 0 Å². The minimum atomic E-state index is -0.121. The Balaban J connectivity index is 1.20. The number of hydrogen-bond acceptors (Lipinski definition) is 2. The molecule has 0 amide bonds. The molecule has 8 rings (SSSR count). The average molecular weight is 605 g/mol. The van der Waals surface area contributed by atoms with Gasteiger partial charge >= 0.3 is 0 Å². The molecule has 2 nitrogen and oxygen atoms in total. The van der Waals surface area contributed by atoms with E-state index in [9.17, 15) is 0 Å². The topological polar surface area (TPSA) is 6.48 Å². The Hall–Kier alpha value is -5.86. The van der Waals surface area contributed by atoms with Crippen LogP contribution in [0.2, 0.25) is 0 Å². The van der Waals surface area contributed by atoms with Crippen LogP contribution in [-0.2, 0) is 5.41 Å². The second kappa shape index (κ2) is 11.8. The van der Waals surface area contributed by atoms with E-state index < -0.39 is 0 Å². The van der Waals surface area contributed by atoms with Crippen molar-refractivity contribution in [3.8, 4) is 22.3 Å². The fourth-order valence-electron chi connectivity index (χ4n) is 7.03. The predicted molar refractivity (Wildman–Crippen MR) is 199 cm³/mol. The summed E-state index contributed by atoms with van der Waals surface area (Å²) in [5.41, 5.74) is 14.3. The number of anilines is 6. The third kappa shape index (κ3) is 5.18. The van der Waals surface area contributed by atoms with Crippen LogP contribution in [0.3, 0.4) is 0 Å². The summed E-state index contributed by atoms with van der Waals surface area (Å²) in [6.45, 7) is 4.68. The molecule has 0 atom stereocenters. The predicted octanol–water partition coefficient (Wildman–Crippen LogP) is 12.6. The zero-order valence-electron chi connectivity index (χ0n) is 26.7. The largest absolute Gasteiger partial charge is 0.310 e. The lowest BCUT2D eigenvalue weighted by molar-refractivity contribution is 0.632. The van der Waals surface area contributed by atoms with Gasteiger partial charge in [0.05, 0.1) is 11.4 Å². The number of benzene rings is 7. The van der Waals surface area contributed by atoms with Crippen LogP contribution < -0.4 is 9.80 Å². The van der Waals surface area contributed by atoms with Crippen LogP contribution >= 0.6 is 0 Å². The molecule has 0 N–H and O–H groups in total. The summed E-state index contributed by atoms with van der Waals surface area (Å²) >= 11 is 0. The molecule has 0 aromatic heterocycles. The molecule has 0 bridgehead atoms. The smallest absolute Gasteiger partial charge is 0.0508 e. The summed E-state index contributed by atoms with van der Waals surface area (Å²) in [5, 5.41) is 0. The average Bonchev–Trinajstić information content (AvgIpc) is 3.13. The molecule has 47 heavy (non-hydrogen) atoms. The number of hydrogen-bond donors (Lipinski definition) is 0. The number of para-hydroxylation sites is 3. The molecule has 0 unspecified atom stereocenters. The fraction of sp³-hybridized carbons (Fsp3) is 0.0667. The van der Waals surface area contributed by atoms with Gasteiger partial charge in [-0.05, 0) is 94.0 Å². The number of rotatable bonds is 6. The van der Waals surface area contributed by atoms with Gasteiger partial charge in [0.2, 0.25) is 0 Å². The highest BCUT2D eigenvalue weighted by atomic mass is 15.2. The molecule has 0 aliphatic carbocycles. The summed E-state index contributed by atoms with van der Waals surface area (Å²) in [7, 11) is 0. The van der Waals surface area contributed by atoms with E-state index in [4.69, 9.17) is 0 Å². The van der Waals surface area contributed by atoms with E-state index in [2.05, 4.69) is 206 Å². The summed E-state index contributed by atoms with van der Waals surface area (Å²) in [6.07, 6.45) is 0. The molecular formula is C45H36N2. The van der Waals surface area contributed by atoms with Gasteiger partial charge in [0, 0.05) is 28.2 Å². The molecule has 2 heteroatoms. The van der Waals surface area contributed by atoms with Crippen LogP contribution in [0.4, 0.5) is 34.1 Å². The van der Waals surface area contributed by atoms with Gasteiger partial charge < -0.3 is 9.80 Å². The highest BCUT2D eigenvalue weighted by Crippen LogP contribution is 2.52. The van der Waals surface area contributed by atoms with Gasteiger partial charge in [0.25, 0.3) is 0 Å². The van der Waals surface area contributed by atoms with Crippen molar-refractivity contribution in [2.45, 2.75) is 19.3 Å². The van der Waals surface area contributed by atoms with Crippen LogP contribution in [0.5, 0.6) is 0 Å². The Morgan fingerprint density at radius 1 is 0.383 bits per heavy atom. The van der Waals surface area contributed by atoms with E-state index >= 15 is 0 Å². The monoisotopic (exact) mass is 604 g/mol. The summed E-state index contributed by atoms with van der Waals surface area (Å²) in [6, 6.07) is 65.5. The molecule has 0 radical (unpaired) electrons. The maximum absolute atomic E-state index is 2.42. The quantitative estimate of drug-likeness (QED) is 0.186. The van der Waals surface area contributed by atoms with Gasteiger partial charge in [0.1, 0.15) is 0 Å². The molecule has 0 saturated heterocycles. The van der Waals surface area contributed by atoms with Gasteiger partial charge in [-0.2, -0.15) is 0 Å². The third-order valence-electron chi connectivity index (χ3n) is 9.43. The molecule has 0 saturated carbocycles. The molecule has 7 aromatic rings. The van der Waals surface area contributed by atoms with Crippen molar-refractivity contribution in [3.05, 3.63) is 193 Å². The first-order valence-corrected chi connectivity index (χ1v) is 16.3. The van der Waals surface area contributed by atoms with E-state index in [-0.39, 0.29) is 5.41 Å². The van der Waals surface area contributed by atoms with E-state index in [0.29, 0.717) is 0 Å². The molecular weight excluding hydrogens is 569 g/mol. The third-order valence-corrected chi connectivity index (χ3v) is 9.43. The molecule has 1 heterocycles. The Morgan fingerprint density at radius 3 is 1.64 bits per heavy atom. The van der Waals surface area contributed by atoms with Gasteiger partial charge in [-0.3, -0.25) is 0 Å². The molecule has 7 aromatic carbocycles. The maximum atomic E-state index is 2.42. The molecule has 226 valence electrons. The normalized spacial score (nSPS) is 13.0. The minimum absolute atomic E-state index is 0.121.